The van der Waals surface area contributed by atoms with E-state index in [9.17, 15) is 8.42 Å². The molecule has 6 nitrogen and oxygen atoms in total. The van der Waals surface area contributed by atoms with Gasteiger partial charge in [-0.05, 0) is 37.9 Å². The lowest BCUT2D eigenvalue weighted by Gasteiger charge is -2.25. The minimum Gasteiger partial charge on any atom is -0.309 e. The maximum Gasteiger partial charge on any atom is 0.175 e. The summed E-state index contributed by atoms with van der Waals surface area (Å²) in [6.45, 7) is 4.61. The molecule has 3 rings (SSSR count). The summed E-state index contributed by atoms with van der Waals surface area (Å²) in [4.78, 5) is 5.01. The fraction of sp³-hybridized carbons (Fsp3) is 0.500. The van der Waals surface area contributed by atoms with E-state index in [1.54, 1.807) is 12.1 Å². The van der Waals surface area contributed by atoms with Crippen molar-refractivity contribution < 1.29 is 8.42 Å². The maximum absolute atomic E-state index is 11.6. The van der Waals surface area contributed by atoms with E-state index in [0.29, 0.717) is 10.8 Å². The van der Waals surface area contributed by atoms with Crippen LogP contribution in [0.2, 0.25) is 0 Å². The van der Waals surface area contributed by atoms with Crippen LogP contribution in [0, 0.1) is 5.92 Å². The molecule has 1 aromatic carbocycles. The van der Waals surface area contributed by atoms with Crippen LogP contribution >= 0.6 is 0 Å². The molecular weight excluding hydrogens is 336 g/mol. The zero-order valence-corrected chi connectivity index (χ0v) is 15.9. The van der Waals surface area contributed by atoms with Crippen molar-refractivity contribution in [2.75, 3.05) is 33.4 Å². The van der Waals surface area contributed by atoms with Crippen LogP contribution in [0.15, 0.2) is 41.4 Å². The molecule has 2 aromatic rings. The Morgan fingerprint density at radius 2 is 1.88 bits per heavy atom. The van der Waals surface area contributed by atoms with Crippen molar-refractivity contribution in [3.63, 3.8) is 0 Å². The van der Waals surface area contributed by atoms with Gasteiger partial charge in [-0.25, -0.2) is 8.42 Å². The Kier molecular flexibility index (Phi) is 5.27. The molecule has 0 amide bonds. The minimum atomic E-state index is -3.14. The second kappa shape index (κ2) is 7.27. The molecule has 0 saturated carbocycles. The van der Waals surface area contributed by atoms with Crippen LogP contribution in [0.3, 0.4) is 0 Å². The van der Waals surface area contributed by atoms with E-state index in [4.69, 9.17) is 0 Å². The Labute approximate surface area is 150 Å². The lowest BCUT2D eigenvalue weighted by molar-refractivity contribution is 0.193. The summed E-state index contributed by atoms with van der Waals surface area (Å²) in [7, 11) is 1.06. The molecule has 0 fully saturated rings. The fourth-order valence-electron chi connectivity index (χ4n) is 3.47. The minimum absolute atomic E-state index is 0.371. The second-order valence-corrected chi connectivity index (χ2v) is 9.23. The van der Waals surface area contributed by atoms with Crippen molar-refractivity contribution in [1.82, 2.24) is 19.6 Å². The summed E-state index contributed by atoms with van der Waals surface area (Å²) < 4.78 is 25.3. The SMILES string of the molecule is CN(C)C[C@H]1CN(Cc2ccc(S(C)(=O)=O)cc2)Cc2ccnn2C1. The first kappa shape index (κ1) is 18.1. The van der Waals surface area contributed by atoms with Crippen molar-refractivity contribution in [1.29, 1.82) is 0 Å². The normalized spacial score (nSPS) is 19.0. The topological polar surface area (TPSA) is 58.4 Å². The lowest BCUT2D eigenvalue weighted by Crippen LogP contribution is -2.33. The summed E-state index contributed by atoms with van der Waals surface area (Å²) in [5.74, 6) is 0.506. The largest absolute Gasteiger partial charge is 0.309 e. The summed E-state index contributed by atoms with van der Waals surface area (Å²) in [6, 6.07) is 9.31. The molecule has 0 radical (unpaired) electrons. The molecule has 0 saturated heterocycles. The molecule has 0 aliphatic carbocycles. The highest BCUT2D eigenvalue weighted by atomic mass is 32.2. The highest BCUT2D eigenvalue weighted by Gasteiger charge is 2.23. The van der Waals surface area contributed by atoms with Crippen molar-refractivity contribution >= 4 is 9.84 Å². The summed E-state index contributed by atoms with van der Waals surface area (Å²) in [5.41, 5.74) is 2.36. The number of benzene rings is 1. The molecule has 0 unspecified atom stereocenters. The lowest BCUT2D eigenvalue weighted by atomic mass is 10.1. The first-order valence-electron chi connectivity index (χ1n) is 8.48. The van der Waals surface area contributed by atoms with Crippen molar-refractivity contribution in [2.45, 2.75) is 24.5 Å². The van der Waals surface area contributed by atoms with Gasteiger partial charge in [-0.3, -0.25) is 9.58 Å². The number of nitrogens with zero attached hydrogens (tertiary/aromatic N) is 4. The van der Waals surface area contributed by atoms with Gasteiger partial charge in [0.2, 0.25) is 0 Å². The van der Waals surface area contributed by atoms with Crippen LogP contribution in [-0.2, 0) is 29.5 Å². The van der Waals surface area contributed by atoms with Crippen LogP contribution in [0.1, 0.15) is 11.3 Å². The molecule has 0 bridgehead atoms. The van der Waals surface area contributed by atoms with Gasteiger partial charge in [0.1, 0.15) is 0 Å². The first-order valence-corrected chi connectivity index (χ1v) is 10.4. The van der Waals surface area contributed by atoms with E-state index >= 15 is 0 Å². The number of fused-ring (bicyclic) bond motifs is 1. The fourth-order valence-corrected chi connectivity index (χ4v) is 4.10. The van der Waals surface area contributed by atoms with E-state index < -0.39 is 9.84 Å². The van der Waals surface area contributed by atoms with Gasteiger partial charge in [0.05, 0.1) is 10.6 Å². The zero-order chi connectivity index (χ0) is 18.0. The predicted octanol–water partition coefficient (Wildman–Crippen LogP) is 1.48. The quantitative estimate of drug-likeness (QED) is 0.806. The second-order valence-electron chi connectivity index (χ2n) is 7.22. The highest BCUT2D eigenvalue weighted by molar-refractivity contribution is 7.90. The van der Waals surface area contributed by atoms with Gasteiger partial charge >= 0.3 is 0 Å². The monoisotopic (exact) mass is 362 g/mol. The molecule has 1 aromatic heterocycles. The summed E-state index contributed by atoms with van der Waals surface area (Å²) >= 11 is 0. The molecule has 0 N–H and O–H groups in total. The van der Waals surface area contributed by atoms with Gasteiger partial charge in [-0.2, -0.15) is 5.10 Å². The Bertz CT molecular complexity index is 812. The Balaban J connectivity index is 1.76. The van der Waals surface area contributed by atoms with E-state index in [1.165, 1.54) is 11.9 Å². The number of aromatic nitrogens is 2. The molecule has 0 spiro atoms. The maximum atomic E-state index is 11.6. The highest BCUT2D eigenvalue weighted by Crippen LogP contribution is 2.19. The number of rotatable bonds is 5. The molecule has 1 atom stereocenters. The Morgan fingerprint density at radius 3 is 2.52 bits per heavy atom. The molecule has 2 heterocycles. The smallest absolute Gasteiger partial charge is 0.175 e. The van der Waals surface area contributed by atoms with Gasteiger partial charge < -0.3 is 4.90 Å². The summed E-state index contributed by atoms with van der Waals surface area (Å²) in [5, 5.41) is 4.46. The standard InChI is InChI=1S/C18H26N4O2S/c1-20(2)10-16-12-21(14-17-8-9-19-22(17)13-16)11-15-4-6-18(7-5-15)25(3,23)24/h4-9,16H,10-14H2,1-3H3/t16-/m0/s1. The zero-order valence-electron chi connectivity index (χ0n) is 15.1. The average molecular weight is 362 g/mol. The van der Waals surface area contributed by atoms with Gasteiger partial charge in [0, 0.05) is 51.1 Å². The van der Waals surface area contributed by atoms with Crippen LogP contribution in [0.5, 0.6) is 0 Å². The van der Waals surface area contributed by atoms with Crippen LogP contribution in [0.4, 0.5) is 0 Å². The number of sulfone groups is 1. The average Bonchev–Trinajstić information content (AvgIpc) is 2.86. The molecule has 1 aliphatic heterocycles. The molecular formula is C18H26N4O2S. The molecule has 1 aliphatic rings. The molecule has 25 heavy (non-hydrogen) atoms. The third-order valence-corrected chi connectivity index (χ3v) is 5.65. The van der Waals surface area contributed by atoms with E-state index in [0.717, 1.165) is 38.3 Å². The third-order valence-electron chi connectivity index (χ3n) is 4.52. The van der Waals surface area contributed by atoms with Crippen LogP contribution in [0.25, 0.3) is 0 Å². The van der Waals surface area contributed by atoms with Crippen molar-refractivity contribution in [3.05, 3.63) is 47.8 Å². The van der Waals surface area contributed by atoms with Crippen LogP contribution in [-0.4, -0.2) is 61.4 Å². The van der Waals surface area contributed by atoms with Gasteiger partial charge in [0.25, 0.3) is 0 Å². The van der Waals surface area contributed by atoms with E-state index in [2.05, 4.69) is 39.7 Å². The predicted molar refractivity (Wildman–Crippen MR) is 97.9 cm³/mol. The number of hydrogen-bond acceptors (Lipinski definition) is 5. The van der Waals surface area contributed by atoms with E-state index in [-0.39, 0.29) is 0 Å². The van der Waals surface area contributed by atoms with Gasteiger partial charge in [-0.15, -0.1) is 0 Å². The van der Waals surface area contributed by atoms with Crippen molar-refractivity contribution in [3.8, 4) is 0 Å². The van der Waals surface area contributed by atoms with E-state index in [1.807, 2.05) is 18.3 Å². The Morgan fingerprint density at radius 1 is 1.16 bits per heavy atom. The van der Waals surface area contributed by atoms with Crippen molar-refractivity contribution in [2.24, 2.45) is 5.92 Å². The van der Waals surface area contributed by atoms with Crippen LogP contribution < -0.4 is 0 Å². The molecule has 7 heteroatoms. The Hall–Kier alpha value is -1.70. The number of hydrogen-bond donors (Lipinski definition) is 0. The molecule has 136 valence electrons. The third kappa shape index (κ3) is 4.68. The first-order chi connectivity index (χ1) is 11.8. The van der Waals surface area contributed by atoms with Gasteiger partial charge in [-0.1, -0.05) is 12.1 Å². The summed E-state index contributed by atoms with van der Waals surface area (Å²) in [6.07, 6.45) is 3.11. The van der Waals surface area contributed by atoms with Gasteiger partial charge in [0.15, 0.2) is 9.84 Å².